The summed E-state index contributed by atoms with van der Waals surface area (Å²) in [5.41, 5.74) is 2.55. The highest BCUT2D eigenvalue weighted by Gasteiger charge is 2.26. The number of carbonyl (C=O) groups is 1. The van der Waals surface area contributed by atoms with Gasteiger partial charge in [-0.1, -0.05) is 0 Å². The van der Waals surface area contributed by atoms with Crippen LogP contribution in [0.25, 0.3) is 5.65 Å². The number of aliphatic hydroxyl groups is 2. The zero-order valence-electron chi connectivity index (χ0n) is 19.8. The van der Waals surface area contributed by atoms with Gasteiger partial charge in [-0.25, -0.2) is 9.50 Å². The van der Waals surface area contributed by atoms with Gasteiger partial charge in [-0.05, 0) is 58.6 Å². The lowest BCUT2D eigenvalue weighted by Gasteiger charge is -2.27. The van der Waals surface area contributed by atoms with E-state index in [0.29, 0.717) is 22.6 Å². The third-order valence-electron chi connectivity index (χ3n) is 5.71. The lowest BCUT2D eigenvalue weighted by molar-refractivity contribution is 0.0667. The number of hydrogen-bond acceptors (Lipinski definition) is 7. The molecule has 1 aliphatic carbocycles. The van der Waals surface area contributed by atoms with Gasteiger partial charge in [-0.2, -0.15) is 5.10 Å². The number of ether oxygens (including phenoxy) is 2. The minimum Gasteiger partial charge on any atom is -0.490 e. The first-order chi connectivity index (χ1) is 16.3. The van der Waals surface area contributed by atoms with Crippen LogP contribution in [0.4, 0.5) is 5.69 Å². The smallest absolute Gasteiger partial charge is 0.261 e. The Labute approximate surface area is 198 Å². The summed E-state index contributed by atoms with van der Waals surface area (Å²) >= 11 is 0. The Balaban J connectivity index is 0.000000636. The van der Waals surface area contributed by atoms with Gasteiger partial charge in [-0.15, -0.1) is 0 Å². The molecule has 0 spiro atoms. The third kappa shape index (κ3) is 5.66. The maximum absolute atomic E-state index is 13.0. The molecular formula is C25H32N4O5. The van der Waals surface area contributed by atoms with E-state index in [-0.39, 0.29) is 30.3 Å². The van der Waals surface area contributed by atoms with Crippen molar-refractivity contribution >= 4 is 17.2 Å². The van der Waals surface area contributed by atoms with E-state index in [2.05, 4.69) is 15.4 Å². The second kappa shape index (κ2) is 10.4. The molecule has 1 unspecified atom stereocenters. The average molecular weight is 469 g/mol. The van der Waals surface area contributed by atoms with Crippen LogP contribution in [0, 0.1) is 0 Å². The van der Waals surface area contributed by atoms with Crippen LogP contribution in [0.1, 0.15) is 62.4 Å². The summed E-state index contributed by atoms with van der Waals surface area (Å²) in [7, 11) is 0. The average Bonchev–Trinajstić information content (AvgIpc) is 3.37. The Kier molecular flexibility index (Phi) is 7.33. The van der Waals surface area contributed by atoms with Crippen LogP contribution in [0.3, 0.4) is 0 Å². The van der Waals surface area contributed by atoms with Gasteiger partial charge in [-0.3, -0.25) is 4.79 Å². The standard InChI is InChI=1S/C22H24N4O4.C3H8O/c1-13-9-14-10-18(25-22(28)17-12-24-26-8-2-7-23-21(17)26)20(11-19(14)29-13)30-16-5-3-15(27)4-6-16;1-3(2)4/h2,7-8,10-13,15-16,27H,3-6,9H2,1H3,(H,25,28);3-4H,1-2H3. The zero-order valence-corrected chi connectivity index (χ0v) is 19.8. The van der Waals surface area contributed by atoms with Crippen LogP contribution in [-0.4, -0.2) is 55.1 Å². The van der Waals surface area contributed by atoms with E-state index in [0.717, 1.165) is 43.4 Å². The molecule has 34 heavy (non-hydrogen) atoms. The molecule has 182 valence electrons. The number of hydrogen-bond donors (Lipinski definition) is 3. The predicted octanol–water partition coefficient (Wildman–Crippen LogP) is 3.37. The zero-order chi connectivity index (χ0) is 24.2. The van der Waals surface area contributed by atoms with E-state index in [1.165, 1.54) is 6.20 Å². The Bertz CT molecular complexity index is 1130. The fourth-order valence-electron chi connectivity index (χ4n) is 4.16. The van der Waals surface area contributed by atoms with E-state index < -0.39 is 0 Å². The number of anilines is 1. The summed E-state index contributed by atoms with van der Waals surface area (Å²) in [6.07, 6.45) is 8.35. The van der Waals surface area contributed by atoms with Crippen molar-refractivity contribution in [2.75, 3.05) is 5.32 Å². The molecule has 3 N–H and O–H groups in total. The lowest BCUT2D eigenvalue weighted by Crippen LogP contribution is -2.27. The molecular weight excluding hydrogens is 436 g/mol. The number of nitrogens with one attached hydrogen (secondary N) is 1. The summed E-state index contributed by atoms with van der Waals surface area (Å²) in [5, 5.41) is 25.0. The number of amides is 1. The molecule has 0 bridgehead atoms. The van der Waals surface area contributed by atoms with Crippen LogP contribution in [0.15, 0.2) is 36.8 Å². The summed E-state index contributed by atoms with van der Waals surface area (Å²) < 4.78 is 13.7. The molecule has 0 saturated heterocycles. The maximum atomic E-state index is 13.0. The quantitative estimate of drug-likeness (QED) is 0.537. The van der Waals surface area contributed by atoms with Crippen molar-refractivity contribution in [3.05, 3.63) is 47.9 Å². The van der Waals surface area contributed by atoms with Crippen LogP contribution in [0.5, 0.6) is 11.5 Å². The Hall–Kier alpha value is -3.17. The van der Waals surface area contributed by atoms with Gasteiger partial charge >= 0.3 is 0 Å². The minimum atomic E-state index is -0.292. The van der Waals surface area contributed by atoms with E-state index >= 15 is 0 Å². The van der Waals surface area contributed by atoms with Gasteiger partial charge in [0.1, 0.15) is 23.2 Å². The van der Waals surface area contributed by atoms with Gasteiger partial charge in [0.25, 0.3) is 5.91 Å². The van der Waals surface area contributed by atoms with Crippen molar-refractivity contribution in [3.63, 3.8) is 0 Å². The molecule has 1 amide bonds. The van der Waals surface area contributed by atoms with E-state index in [1.807, 2.05) is 19.1 Å². The number of fused-ring (bicyclic) bond motifs is 2. The third-order valence-corrected chi connectivity index (χ3v) is 5.71. The molecule has 9 nitrogen and oxygen atoms in total. The van der Waals surface area contributed by atoms with Crippen LogP contribution >= 0.6 is 0 Å². The van der Waals surface area contributed by atoms with Crippen molar-refractivity contribution in [1.29, 1.82) is 0 Å². The van der Waals surface area contributed by atoms with Gasteiger partial charge in [0.05, 0.1) is 24.1 Å². The lowest BCUT2D eigenvalue weighted by atomic mass is 9.95. The second-order valence-electron chi connectivity index (χ2n) is 9.13. The molecule has 2 aliphatic rings. The fraction of sp³-hybridized carbons (Fsp3) is 0.480. The Morgan fingerprint density at radius 1 is 1.26 bits per heavy atom. The Morgan fingerprint density at radius 2 is 2.00 bits per heavy atom. The van der Waals surface area contributed by atoms with Crippen LogP contribution < -0.4 is 14.8 Å². The highest BCUT2D eigenvalue weighted by Crippen LogP contribution is 2.39. The molecule has 1 fully saturated rings. The van der Waals surface area contributed by atoms with Crippen molar-refractivity contribution < 1.29 is 24.5 Å². The van der Waals surface area contributed by atoms with Crippen LogP contribution in [0.2, 0.25) is 0 Å². The van der Waals surface area contributed by atoms with E-state index in [4.69, 9.17) is 14.6 Å². The fourth-order valence-corrected chi connectivity index (χ4v) is 4.16. The SMILES string of the molecule is CC(C)O.CC1Cc2cc(NC(=O)c3cnn4cccnc34)c(OC3CCC(O)CC3)cc2O1. The minimum absolute atomic E-state index is 0.000395. The molecule has 3 heterocycles. The molecule has 2 aromatic heterocycles. The number of aliphatic hydroxyl groups excluding tert-OH is 2. The van der Waals surface area contributed by atoms with Crippen molar-refractivity contribution in [1.82, 2.24) is 14.6 Å². The highest BCUT2D eigenvalue weighted by atomic mass is 16.5. The number of benzene rings is 1. The van der Waals surface area contributed by atoms with E-state index in [9.17, 15) is 9.90 Å². The van der Waals surface area contributed by atoms with E-state index in [1.54, 1.807) is 36.8 Å². The highest BCUT2D eigenvalue weighted by molar-refractivity contribution is 6.08. The Morgan fingerprint density at radius 3 is 2.74 bits per heavy atom. The molecule has 3 aromatic rings. The van der Waals surface area contributed by atoms with Gasteiger partial charge < -0.3 is 25.0 Å². The monoisotopic (exact) mass is 468 g/mol. The normalized spacial score (nSPS) is 21.4. The molecule has 1 aromatic carbocycles. The van der Waals surface area contributed by atoms with Crippen molar-refractivity contribution in [2.45, 2.75) is 77.3 Å². The number of rotatable bonds is 4. The first kappa shape index (κ1) is 24.0. The number of aromatic nitrogens is 3. The van der Waals surface area contributed by atoms with Gasteiger partial charge in [0, 0.05) is 36.5 Å². The molecule has 1 atom stereocenters. The topological polar surface area (TPSA) is 118 Å². The van der Waals surface area contributed by atoms with Crippen molar-refractivity contribution in [3.8, 4) is 11.5 Å². The summed E-state index contributed by atoms with van der Waals surface area (Å²) in [6, 6.07) is 5.56. The van der Waals surface area contributed by atoms with Gasteiger partial charge in [0.2, 0.25) is 0 Å². The van der Waals surface area contributed by atoms with Crippen molar-refractivity contribution in [2.24, 2.45) is 0 Å². The number of nitrogens with zero attached hydrogens (tertiary/aromatic N) is 3. The summed E-state index contributed by atoms with van der Waals surface area (Å²) in [4.78, 5) is 17.3. The number of carbonyl (C=O) groups excluding carboxylic acids is 1. The molecule has 9 heteroatoms. The predicted molar refractivity (Wildman–Crippen MR) is 127 cm³/mol. The largest absolute Gasteiger partial charge is 0.490 e. The summed E-state index contributed by atoms with van der Waals surface area (Å²) in [5.74, 6) is 1.09. The van der Waals surface area contributed by atoms with Crippen LogP contribution in [-0.2, 0) is 6.42 Å². The molecule has 5 rings (SSSR count). The van der Waals surface area contributed by atoms with Gasteiger partial charge in [0.15, 0.2) is 5.65 Å². The first-order valence-electron chi connectivity index (χ1n) is 11.8. The summed E-state index contributed by atoms with van der Waals surface area (Å²) in [6.45, 7) is 5.46. The molecule has 1 saturated carbocycles. The molecule has 1 aliphatic heterocycles. The maximum Gasteiger partial charge on any atom is 0.261 e. The second-order valence-corrected chi connectivity index (χ2v) is 9.13. The first-order valence-corrected chi connectivity index (χ1v) is 11.8. The molecule has 0 radical (unpaired) electrons.